The molecule has 26 heavy (non-hydrogen) atoms. The third-order valence-corrected chi connectivity index (χ3v) is 7.42. The summed E-state index contributed by atoms with van der Waals surface area (Å²) in [6, 6.07) is 7.29. The first-order valence-corrected chi connectivity index (χ1v) is 10.7. The number of benzene rings is 1. The van der Waals surface area contributed by atoms with Gasteiger partial charge >= 0.3 is 0 Å². The minimum absolute atomic E-state index is 0.0532. The van der Waals surface area contributed by atoms with Crippen LogP contribution in [0.1, 0.15) is 32.3 Å². The predicted molar refractivity (Wildman–Crippen MR) is 101 cm³/mol. The van der Waals surface area contributed by atoms with Crippen LogP contribution in [0.5, 0.6) is 0 Å². The number of hydrogen-bond acceptors (Lipinski definition) is 4. The van der Waals surface area contributed by atoms with Gasteiger partial charge in [0.05, 0.1) is 17.0 Å². The molecule has 0 saturated carbocycles. The highest BCUT2D eigenvalue weighted by Gasteiger charge is 2.57. The van der Waals surface area contributed by atoms with Gasteiger partial charge in [-0.05, 0) is 44.5 Å². The molecule has 1 amide bonds. The lowest BCUT2D eigenvalue weighted by Gasteiger charge is -2.34. The molecule has 7 heteroatoms. The van der Waals surface area contributed by atoms with Crippen molar-refractivity contribution in [2.24, 2.45) is 5.92 Å². The van der Waals surface area contributed by atoms with Crippen LogP contribution in [-0.4, -0.2) is 68.7 Å². The van der Waals surface area contributed by atoms with Crippen molar-refractivity contribution in [3.05, 3.63) is 29.8 Å². The Morgan fingerprint density at radius 1 is 1.27 bits per heavy atom. The van der Waals surface area contributed by atoms with Crippen LogP contribution in [0.2, 0.25) is 0 Å². The Bertz CT molecular complexity index is 791. The molecule has 3 rings (SSSR count). The number of carbonyl (C=O) groups excluding carboxylic acids is 1. The number of nitrogens with zero attached hydrogens (tertiary/aromatic N) is 3. The zero-order valence-electron chi connectivity index (χ0n) is 16.1. The second-order valence-electron chi connectivity index (χ2n) is 8.09. The molecule has 1 aromatic rings. The summed E-state index contributed by atoms with van der Waals surface area (Å²) < 4.78 is 28.1. The normalized spacial score (nSPS) is 24.8. The molecule has 1 atom stereocenters. The van der Waals surface area contributed by atoms with Crippen molar-refractivity contribution in [3.8, 4) is 0 Å². The van der Waals surface area contributed by atoms with E-state index in [0.29, 0.717) is 43.4 Å². The molecule has 0 N–H and O–H groups in total. The lowest BCUT2D eigenvalue weighted by molar-refractivity contribution is -0.131. The zero-order valence-corrected chi connectivity index (χ0v) is 16.9. The summed E-state index contributed by atoms with van der Waals surface area (Å²) in [6.07, 6.45) is 1.46. The second-order valence-corrected chi connectivity index (χ2v) is 9.92. The van der Waals surface area contributed by atoms with Crippen molar-refractivity contribution in [1.29, 1.82) is 0 Å². The van der Waals surface area contributed by atoms with E-state index in [4.69, 9.17) is 0 Å². The Kier molecular flexibility index (Phi) is 5.16. The van der Waals surface area contributed by atoms with Gasteiger partial charge in [-0.25, -0.2) is 8.42 Å². The SMILES string of the molecule is CC(C)CCN1[C@]2(CCN(C(=O)CN(C)C)C2)c2ccccc2S1(=O)=O. The van der Waals surface area contributed by atoms with Crippen LogP contribution >= 0.6 is 0 Å². The van der Waals surface area contributed by atoms with Crippen LogP contribution < -0.4 is 0 Å². The number of amides is 1. The van der Waals surface area contributed by atoms with E-state index >= 15 is 0 Å². The van der Waals surface area contributed by atoms with Gasteiger partial charge in [0.15, 0.2) is 0 Å². The Balaban J connectivity index is 1.98. The summed E-state index contributed by atoms with van der Waals surface area (Å²) in [6.45, 7) is 6.07. The topological polar surface area (TPSA) is 60.9 Å². The first-order valence-electron chi connectivity index (χ1n) is 9.23. The molecule has 1 spiro atoms. The van der Waals surface area contributed by atoms with E-state index in [1.165, 1.54) is 0 Å². The van der Waals surface area contributed by atoms with Crippen LogP contribution in [0, 0.1) is 5.92 Å². The lowest BCUT2D eigenvalue weighted by Crippen LogP contribution is -2.47. The molecular weight excluding hydrogens is 350 g/mol. The summed E-state index contributed by atoms with van der Waals surface area (Å²) in [4.78, 5) is 16.6. The van der Waals surface area contributed by atoms with Crippen molar-refractivity contribution >= 4 is 15.9 Å². The molecule has 0 unspecified atom stereocenters. The van der Waals surface area contributed by atoms with Gasteiger partial charge in [-0.3, -0.25) is 4.79 Å². The maximum absolute atomic E-state index is 13.2. The molecule has 0 radical (unpaired) electrons. The maximum atomic E-state index is 13.2. The molecule has 2 aliphatic rings. The number of likely N-dealkylation sites (tertiary alicyclic amines) is 1. The van der Waals surface area contributed by atoms with Crippen LogP contribution in [0.3, 0.4) is 0 Å². The van der Waals surface area contributed by atoms with Gasteiger partial charge in [0.2, 0.25) is 15.9 Å². The summed E-state index contributed by atoms with van der Waals surface area (Å²) in [5.41, 5.74) is 0.232. The van der Waals surface area contributed by atoms with E-state index in [2.05, 4.69) is 13.8 Å². The third kappa shape index (κ3) is 3.17. The van der Waals surface area contributed by atoms with Crippen molar-refractivity contribution in [3.63, 3.8) is 0 Å². The molecule has 1 saturated heterocycles. The van der Waals surface area contributed by atoms with E-state index in [0.717, 1.165) is 12.0 Å². The third-order valence-electron chi connectivity index (χ3n) is 5.40. The van der Waals surface area contributed by atoms with Gasteiger partial charge in [0.25, 0.3) is 0 Å². The molecule has 6 nitrogen and oxygen atoms in total. The van der Waals surface area contributed by atoms with Crippen LogP contribution in [0.25, 0.3) is 0 Å². The first kappa shape index (κ1) is 19.3. The molecular formula is C19H29N3O3S. The van der Waals surface area contributed by atoms with Crippen molar-refractivity contribution in [2.75, 3.05) is 40.3 Å². The van der Waals surface area contributed by atoms with E-state index in [9.17, 15) is 13.2 Å². The minimum atomic E-state index is -3.52. The van der Waals surface area contributed by atoms with Gasteiger partial charge in [-0.15, -0.1) is 0 Å². The van der Waals surface area contributed by atoms with Gasteiger partial charge in [-0.1, -0.05) is 32.0 Å². The number of hydrogen-bond donors (Lipinski definition) is 0. The number of sulfonamides is 1. The molecule has 1 aromatic carbocycles. The largest absolute Gasteiger partial charge is 0.339 e. The monoisotopic (exact) mass is 379 g/mol. The average Bonchev–Trinajstić information content (AvgIpc) is 3.06. The van der Waals surface area contributed by atoms with Crippen molar-refractivity contribution in [2.45, 2.75) is 37.1 Å². The highest BCUT2D eigenvalue weighted by molar-refractivity contribution is 7.89. The summed E-state index contributed by atoms with van der Waals surface area (Å²) in [5.74, 6) is 0.469. The minimum Gasteiger partial charge on any atom is -0.339 e. The quantitative estimate of drug-likeness (QED) is 0.782. The van der Waals surface area contributed by atoms with E-state index in [-0.39, 0.29) is 5.91 Å². The smallest absolute Gasteiger partial charge is 0.244 e. The van der Waals surface area contributed by atoms with Gasteiger partial charge < -0.3 is 9.80 Å². The van der Waals surface area contributed by atoms with Crippen LogP contribution in [-0.2, 0) is 20.4 Å². The van der Waals surface area contributed by atoms with Gasteiger partial charge in [0, 0.05) is 19.6 Å². The van der Waals surface area contributed by atoms with Gasteiger partial charge in [0.1, 0.15) is 0 Å². The Morgan fingerprint density at radius 3 is 2.62 bits per heavy atom. The Hall–Kier alpha value is -1.44. The highest BCUT2D eigenvalue weighted by atomic mass is 32.2. The number of fused-ring (bicyclic) bond motifs is 2. The molecule has 0 aliphatic carbocycles. The lowest BCUT2D eigenvalue weighted by atomic mass is 9.88. The van der Waals surface area contributed by atoms with E-state index < -0.39 is 15.6 Å². The molecule has 1 fully saturated rings. The molecule has 2 aliphatic heterocycles. The van der Waals surface area contributed by atoms with E-state index in [1.807, 2.05) is 36.0 Å². The van der Waals surface area contributed by atoms with Crippen molar-refractivity contribution in [1.82, 2.24) is 14.1 Å². The Labute approximate surface area is 156 Å². The zero-order chi connectivity index (χ0) is 19.1. The molecule has 0 aromatic heterocycles. The Morgan fingerprint density at radius 2 is 1.96 bits per heavy atom. The summed E-state index contributed by atoms with van der Waals surface area (Å²) >= 11 is 0. The maximum Gasteiger partial charge on any atom is 0.244 e. The number of likely N-dealkylation sites (N-methyl/N-ethyl adjacent to an activating group) is 1. The van der Waals surface area contributed by atoms with E-state index in [1.54, 1.807) is 16.4 Å². The molecule has 0 bridgehead atoms. The second kappa shape index (κ2) is 6.94. The summed E-state index contributed by atoms with van der Waals surface area (Å²) in [5, 5.41) is 0. The average molecular weight is 380 g/mol. The number of carbonyl (C=O) groups is 1. The van der Waals surface area contributed by atoms with Crippen LogP contribution in [0.4, 0.5) is 0 Å². The van der Waals surface area contributed by atoms with Crippen LogP contribution in [0.15, 0.2) is 29.2 Å². The summed E-state index contributed by atoms with van der Waals surface area (Å²) in [7, 11) is 0.217. The fraction of sp³-hybridized carbons (Fsp3) is 0.632. The molecule has 144 valence electrons. The molecule has 2 heterocycles. The van der Waals surface area contributed by atoms with Gasteiger partial charge in [-0.2, -0.15) is 4.31 Å². The first-order chi connectivity index (χ1) is 12.2. The number of rotatable bonds is 5. The van der Waals surface area contributed by atoms with Crippen molar-refractivity contribution < 1.29 is 13.2 Å². The highest BCUT2D eigenvalue weighted by Crippen LogP contribution is 2.49. The standard InChI is InChI=1S/C19H29N3O3S/c1-15(2)9-11-22-19(10-12-21(14-19)18(23)13-20(3)4)16-7-5-6-8-17(16)26(22,24)25/h5-8,15H,9-14H2,1-4H3/t19-/m0/s1. The fourth-order valence-electron chi connectivity index (χ4n) is 4.07. The predicted octanol–water partition coefficient (Wildman–Crippen LogP) is 1.73. The fourth-order valence-corrected chi connectivity index (χ4v) is 6.15.